The number of aliphatic hydroxyl groups excluding tert-OH is 1. The average Bonchev–Trinajstić information content (AvgIpc) is 2.98. The van der Waals surface area contributed by atoms with Crippen molar-refractivity contribution in [3.63, 3.8) is 0 Å². The smallest absolute Gasteiger partial charge is 0.273 e. The van der Waals surface area contributed by atoms with Crippen LogP contribution in [0.5, 0.6) is 0 Å². The van der Waals surface area contributed by atoms with Crippen molar-refractivity contribution in [1.82, 2.24) is 20.3 Å². The molecule has 4 N–H and O–H groups in total. The number of aliphatic hydroxyl groups is 1. The first kappa shape index (κ1) is 12.0. The Balaban J connectivity index is 1.86. The van der Waals surface area contributed by atoms with Gasteiger partial charge in [0, 0.05) is 18.5 Å². The highest BCUT2D eigenvalue weighted by Gasteiger charge is 2.42. The van der Waals surface area contributed by atoms with E-state index in [1.807, 2.05) is 0 Å². The SMILES string of the molecule is NCCn1cc(C(=O)NCC2(CO)CC2)nn1. The molecular weight excluding hydrogens is 222 g/mol. The normalized spacial score (nSPS) is 16.8. The summed E-state index contributed by atoms with van der Waals surface area (Å²) in [5, 5.41) is 19.4. The predicted octanol–water partition coefficient (Wildman–Crippen LogP) is -1.26. The van der Waals surface area contributed by atoms with Crippen molar-refractivity contribution in [3.05, 3.63) is 11.9 Å². The molecule has 1 fully saturated rings. The van der Waals surface area contributed by atoms with Crippen LogP contribution in [0.2, 0.25) is 0 Å². The van der Waals surface area contributed by atoms with Crippen molar-refractivity contribution in [3.8, 4) is 0 Å². The van der Waals surface area contributed by atoms with Gasteiger partial charge in [-0.3, -0.25) is 9.48 Å². The number of aromatic nitrogens is 3. The zero-order chi connectivity index (χ0) is 12.3. The maximum absolute atomic E-state index is 11.7. The van der Waals surface area contributed by atoms with Crippen LogP contribution in [0.15, 0.2) is 6.20 Å². The summed E-state index contributed by atoms with van der Waals surface area (Å²) in [5.74, 6) is -0.256. The van der Waals surface area contributed by atoms with Gasteiger partial charge in [0.05, 0.1) is 19.3 Å². The second-order valence-electron chi connectivity index (χ2n) is 4.50. The Morgan fingerprint density at radius 1 is 1.65 bits per heavy atom. The lowest BCUT2D eigenvalue weighted by atomic mass is 10.1. The monoisotopic (exact) mass is 239 g/mol. The summed E-state index contributed by atoms with van der Waals surface area (Å²) in [6, 6.07) is 0. The number of amides is 1. The fraction of sp³-hybridized carbons (Fsp3) is 0.700. The van der Waals surface area contributed by atoms with Gasteiger partial charge in [-0.2, -0.15) is 0 Å². The standard InChI is InChI=1S/C10H17N5O2/c11-3-4-15-5-8(13-14-15)9(17)12-6-10(7-16)1-2-10/h5,16H,1-4,6-7,11H2,(H,12,17). The minimum atomic E-state index is -0.256. The van der Waals surface area contributed by atoms with Crippen LogP contribution in [-0.2, 0) is 6.54 Å². The van der Waals surface area contributed by atoms with Gasteiger partial charge in [0.1, 0.15) is 0 Å². The number of nitrogens with two attached hydrogens (primary N) is 1. The maximum Gasteiger partial charge on any atom is 0.273 e. The van der Waals surface area contributed by atoms with Gasteiger partial charge in [0.2, 0.25) is 0 Å². The first-order valence-electron chi connectivity index (χ1n) is 5.68. The molecule has 0 atom stereocenters. The zero-order valence-corrected chi connectivity index (χ0v) is 9.59. The van der Waals surface area contributed by atoms with Crippen molar-refractivity contribution >= 4 is 5.91 Å². The Morgan fingerprint density at radius 2 is 2.41 bits per heavy atom. The molecular formula is C10H17N5O2. The van der Waals surface area contributed by atoms with Crippen LogP contribution < -0.4 is 11.1 Å². The van der Waals surface area contributed by atoms with Crippen LogP contribution in [0.3, 0.4) is 0 Å². The lowest BCUT2D eigenvalue weighted by molar-refractivity contribution is 0.0930. The quantitative estimate of drug-likeness (QED) is 0.574. The molecule has 1 saturated carbocycles. The predicted molar refractivity (Wildman–Crippen MR) is 60.2 cm³/mol. The molecule has 17 heavy (non-hydrogen) atoms. The Hall–Kier alpha value is -1.47. The fourth-order valence-corrected chi connectivity index (χ4v) is 1.57. The molecule has 0 spiro atoms. The molecule has 1 aliphatic carbocycles. The van der Waals surface area contributed by atoms with Gasteiger partial charge in [0.25, 0.3) is 5.91 Å². The largest absolute Gasteiger partial charge is 0.396 e. The molecule has 1 amide bonds. The summed E-state index contributed by atoms with van der Waals surface area (Å²) in [6.45, 7) is 1.61. The van der Waals surface area contributed by atoms with E-state index in [1.54, 1.807) is 6.20 Å². The first-order valence-corrected chi connectivity index (χ1v) is 5.68. The number of hydrogen-bond acceptors (Lipinski definition) is 5. The van der Waals surface area contributed by atoms with Gasteiger partial charge in [-0.25, -0.2) is 0 Å². The molecule has 2 rings (SSSR count). The molecule has 7 nitrogen and oxygen atoms in total. The molecule has 7 heteroatoms. The van der Waals surface area contributed by atoms with Gasteiger partial charge in [-0.15, -0.1) is 5.10 Å². The van der Waals surface area contributed by atoms with E-state index in [9.17, 15) is 4.79 Å². The third-order valence-corrected chi connectivity index (χ3v) is 3.05. The van der Waals surface area contributed by atoms with E-state index >= 15 is 0 Å². The molecule has 1 aromatic rings. The van der Waals surface area contributed by atoms with Crippen molar-refractivity contribution < 1.29 is 9.90 Å². The summed E-state index contributed by atoms with van der Waals surface area (Å²) in [5.41, 5.74) is 5.56. The fourth-order valence-electron chi connectivity index (χ4n) is 1.57. The Morgan fingerprint density at radius 3 is 3.00 bits per heavy atom. The Labute approximate surface area is 99.0 Å². The topological polar surface area (TPSA) is 106 Å². The summed E-state index contributed by atoms with van der Waals surface area (Å²) >= 11 is 0. The van der Waals surface area contributed by atoms with Gasteiger partial charge in [0.15, 0.2) is 5.69 Å². The van der Waals surface area contributed by atoms with Gasteiger partial charge >= 0.3 is 0 Å². The molecule has 0 bridgehead atoms. The number of carbonyl (C=O) groups is 1. The summed E-state index contributed by atoms with van der Waals surface area (Å²) < 4.78 is 1.54. The minimum Gasteiger partial charge on any atom is -0.396 e. The average molecular weight is 239 g/mol. The number of rotatable bonds is 6. The van der Waals surface area contributed by atoms with E-state index in [1.165, 1.54) is 4.68 Å². The van der Waals surface area contributed by atoms with Gasteiger partial charge in [-0.1, -0.05) is 5.21 Å². The van der Waals surface area contributed by atoms with Crippen LogP contribution in [-0.4, -0.2) is 45.7 Å². The van der Waals surface area contributed by atoms with Crippen LogP contribution in [0.25, 0.3) is 0 Å². The number of hydrogen-bond donors (Lipinski definition) is 3. The second kappa shape index (κ2) is 4.80. The molecule has 1 aliphatic rings. The lowest BCUT2D eigenvalue weighted by Crippen LogP contribution is -2.32. The third-order valence-electron chi connectivity index (χ3n) is 3.05. The van der Waals surface area contributed by atoms with E-state index in [-0.39, 0.29) is 23.6 Å². The third kappa shape index (κ3) is 2.80. The molecule has 94 valence electrons. The van der Waals surface area contributed by atoms with Gasteiger partial charge < -0.3 is 16.2 Å². The lowest BCUT2D eigenvalue weighted by Gasteiger charge is -2.11. The van der Waals surface area contributed by atoms with Crippen molar-refractivity contribution in [2.45, 2.75) is 19.4 Å². The molecule has 1 heterocycles. The molecule has 1 aromatic heterocycles. The molecule has 0 aromatic carbocycles. The zero-order valence-electron chi connectivity index (χ0n) is 9.59. The van der Waals surface area contributed by atoms with E-state index in [0.717, 1.165) is 12.8 Å². The molecule has 0 unspecified atom stereocenters. The van der Waals surface area contributed by atoms with Crippen molar-refractivity contribution in [1.29, 1.82) is 0 Å². The highest BCUT2D eigenvalue weighted by molar-refractivity contribution is 5.91. The van der Waals surface area contributed by atoms with E-state index < -0.39 is 0 Å². The number of nitrogens with one attached hydrogen (secondary N) is 1. The molecule has 0 saturated heterocycles. The summed E-state index contributed by atoms with van der Waals surface area (Å²) in [6.07, 6.45) is 3.49. The highest BCUT2D eigenvalue weighted by Crippen LogP contribution is 2.44. The van der Waals surface area contributed by atoms with Gasteiger partial charge in [-0.05, 0) is 12.8 Å². The van der Waals surface area contributed by atoms with Crippen LogP contribution in [0.4, 0.5) is 0 Å². The van der Waals surface area contributed by atoms with Crippen LogP contribution in [0.1, 0.15) is 23.3 Å². The molecule has 0 radical (unpaired) electrons. The van der Waals surface area contributed by atoms with E-state index in [0.29, 0.717) is 19.6 Å². The molecule has 0 aliphatic heterocycles. The summed E-state index contributed by atoms with van der Waals surface area (Å²) in [4.78, 5) is 11.7. The highest BCUT2D eigenvalue weighted by atomic mass is 16.3. The van der Waals surface area contributed by atoms with E-state index in [2.05, 4.69) is 15.6 Å². The number of nitrogens with zero attached hydrogens (tertiary/aromatic N) is 3. The van der Waals surface area contributed by atoms with Crippen LogP contribution >= 0.6 is 0 Å². The second-order valence-corrected chi connectivity index (χ2v) is 4.50. The van der Waals surface area contributed by atoms with Crippen molar-refractivity contribution in [2.24, 2.45) is 11.1 Å². The van der Waals surface area contributed by atoms with E-state index in [4.69, 9.17) is 10.8 Å². The Kier molecular flexibility index (Phi) is 3.39. The van der Waals surface area contributed by atoms with Crippen LogP contribution in [0, 0.1) is 5.41 Å². The minimum absolute atomic E-state index is 0.0943. The number of carbonyl (C=O) groups excluding carboxylic acids is 1. The first-order chi connectivity index (χ1) is 8.19. The summed E-state index contributed by atoms with van der Waals surface area (Å²) in [7, 11) is 0. The van der Waals surface area contributed by atoms with Crippen molar-refractivity contribution in [2.75, 3.05) is 19.7 Å². The maximum atomic E-state index is 11.7. The Bertz CT molecular complexity index is 399.